The summed E-state index contributed by atoms with van der Waals surface area (Å²) in [7, 11) is 0. The Morgan fingerprint density at radius 3 is 1.94 bits per heavy atom. The molecule has 0 fully saturated rings. The first kappa shape index (κ1) is 18.9. The van der Waals surface area contributed by atoms with Crippen molar-refractivity contribution in [3.05, 3.63) is 108 Å². The molecule has 0 heteroatoms. The second-order valence-corrected chi connectivity index (χ2v) is 10.1. The van der Waals surface area contributed by atoms with Crippen molar-refractivity contribution in [2.24, 2.45) is 0 Å². The number of aryl methyl sites for hydroxylation is 1. The first-order chi connectivity index (χ1) is 16.1. The van der Waals surface area contributed by atoms with E-state index in [4.69, 9.17) is 0 Å². The monoisotopic (exact) mass is 422 g/mol. The summed E-state index contributed by atoms with van der Waals surface area (Å²) < 4.78 is 0. The van der Waals surface area contributed by atoms with Gasteiger partial charge in [0.1, 0.15) is 0 Å². The molecule has 0 aromatic heterocycles. The lowest BCUT2D eigenvalue weighted by molar-refractivity contribution is 0.659. The van der Waals surface area contributed by atoms with Crippen molar-refractivity contribution < 1.29 is 0 Å². The van der Waals surface area contributed by atoms with E-state index < -0.39 is 0 Å². The van der Waals surface area contributed by atoms with Crippen molar-refractivity contribution in [3.8, 4) is 22.3 Å². The van der Waals surface area contributed by atoms with Gasteiger partial charge in [-0.2, -0.15) is 0 Å². The zero-order valence-electron chi connectivity index (χ0n) is 19.4. The Morgan fingerprint density at radius 1 is 0.576 bits per heavy atom. The average molecular weight is 423 g/mol. The molecule has 0 bridgehead atoms. The largest absolute Gasteiger partial charge is 0.0613 e. The van der Waals surface area contributed by atoms with Crippen LogP contribution in [0.25, 0.3) is 54.6 Å². The topological polar surface area (TPSA) is 0 Å². The molecule has 0 saturated heterocycles. The van der Waals surface area contributed by atoms with Gasteiger partial charge in [0.25, 0.3) is 0 Å². The number of benzene rings is 6. The number of fused-ring (bicyclic) bond motifs is 3. The highest BCUT2D eigenvalue weighted by Crippen LogP contribution is 2.50. The molecule has 0 unspecified atom stereocenters. The van der Waals surface area contributed by atoms with Crippen LogP contribution < -0.4 is 0 Å². The van der Waals surface area contributed by atoms with Crippen LogP contribution >= 0.6 is 0 Å². The zero-order chi connectivity index (χ0) is 22.3. The van der Waals surface area contributed by atoms with Crippen molar-refractivity contribution in [3.63, 3.8) is 0 Å². The van der Waals surface area contributed by atoms with Crippen LogP contribution in [0.4, 0.5) is 0 Å². The smallest absolute Gasteiger partial charge is 0.0159 e. The summed E-state index contributed by atoms with van der Waals surface area (Å²) in [6.07, 6.45) is 1.08. The molecule has 0 aliphatic heterocycles. The van der Waals surface area contributed by atoms with Crippen molar-refractivity contribution in [2.45, 2.75) is 32.6 Å². The van der Waals surface area contributed by atoms with Gasteiger partial charge in [0.05, 0.1) is 0 Å². The predicted molar refractivity (Wildman–Crippen MR) is 143 cm³/mol. The van der Waals surface area contributed by atoms with Gasteiger partial charge in [0, 0.05) is 5.41 Å². The van der Waals surface area contributed by atoms with Gasteiger partial charge in [0.15, 0.2) is 0 Å². The minimum Gasteiger partial charge on any atom is -0.0613 e. The van der Waals surface area contributed by atoms with E-state index in [1.807, 2.05) is 0 Å². The Kier molecular flexibility index (Phi) is 3.69. The standard InChI is InChI=1S/C33H26/c1-4-20-8-14-26-27-16-13-24(19-30(27)33(2,3)29(26)18-20)25-15-11-23-10-9-21-6-5-7-22-12-17-28(25)32(23)31(21)22/h5-19H,4H2,1-3H3. The fourth-order valence-electron chi connectivity index (χ4n) is 6.16. The van der Waals surface area contributed by atoms with Gasteiger partial charge in [-0.25, -0.2) is 0 Å². The SMILES string of the molecule is CCc1ccc2c(c1)C(C)(C)c1cc(-c3ccc4ccc5cccc6ccc3c4c56)ccc1-2. The molecule has 0 heterocycles. The minimum absolute atomic E-state index is 0.00957. The lowest BCUT2D eigenvalue weighted by Gasteiger charge is -2.23. The van der Waals surface area contributed by atoms with E-state index in [0.717, 1.165) is 6.42 Å². The third-order valence-corrected chi connectivity index (χ3v) is 7.99. The van der Waals surface area contributed by atoms with E-state index in [2.05, 4.69) is 112 Å². The Balaban J connectivity index is 1.48. The van der Waals surface area contributed by atoms with Crippen LogP contribution in [0.3, 0.4) is 0 Å². The van der Waals surface area contributed by atoms with Crippen LogP contribution in [0.2, 0.25) is 0 Å². The van der Waals surface area contributed by atoms with Crippen molar-refractivity contribution in [2.75, 3.05) is 0 Å². The Hall–Kier alpha value is -3.64. The number of hydrogen-bond donors (Lipinski definition) is 0. The molecule has 7 rings (SSSR count). The highest BCUT2D eigenvalue weighted by molar-refractivity contribution is 6.25. The van der Waals surface area contributed by atoms with Gasteiger partial charge >= 0.3 is 0 Å². The summed E-state index contributed by atoms with van der Waals surface area (Å²) in [4.78, 5) is 0. The van der Waals surface area contributed by atoms with Gasteiger partial charge in [-0.05, 0) is 83.7 Å². The second-order valence-electron chi connectivity index (χ2n) is 10.1. The first-order valence-electron chi connectivity index (χ1n) is 12.0. The Labute approximate surface area is 194 Å². The quantitative estimate of drug-likeness (QED) is 0.244. The molecule has 0 amide bonds. The molecular formula is C33H26. The van der Waals surface area contributed by atoms with Crippen LogP contribution in [0.15, 0.2) is 91.0 Å². The molecule has 6 aromatic rings. The molecule has 0 nitrogen and oxygen atoms in total. The molecule has 1 aliphatic rings. The van der Waals surface area contributed by atoms with Crippen molar-refractivity contribution in [1.82, 2.24) is 0 Å². The molecule has 0 atom stereocenters. The van der Waals surface area contributed by atoms with Gasteiger partial charge in [-0.1, -0.05) is 106 Å². The first-order valence-corrected chi connectivity index (χ1v) is 12.0. The zero-order valence-corrected chi connectivity index (χ0v) is 19.4. The predicted octanol–water partition coefficient (Wildman–Crippen LogP) is 9.12. The van der Waals surface area contributed by atoms with Crippen molar-refractivity contribution >= 4 is 32.3 Å². The molecular weight excluding hydrogens is 396 g/mol. The van der Waals surface area contributed by atoms with Gasteiger partial charge in [-0.3, -0.25) is 0 Å². The van der Waals surface area contributed by atoms with Crippen molar-refractivity contribution in [1.29, 1.82) is 0 Å². The lowest BCUT2D eigenvalue weighted by atomic mass is 9.80. The molecule has 0 saturated carbocycles. The Morgan fingerprint density at radius 2 is 1.18 bits per heavy atom. The van der Waals surface area contributed by atoms with Crippen LogP contribution in [-0.4, -0.2) is 0 Å². The van der Waals surface area contributed by atoms with Crippen LogP contribution in [0.1, 0.15) is 37.5 Å². The number of rotatable bonds is 2. The maximum absolute atomic E-state index is 2.45. The molecule has 0 N–H and O–H groups in total. The third-order valence-electron chi connectivity index (χ3n) is 7.99. The molecule has 6 aromatic carbocycles. The fraction of sp³-hybridized carbons (Fsp3) is 0.152. The molecule has 1 aliphatic carbocycles. The second kappa shape index (κ2) is 6.45. The van der Waals surface area contributed by atoms with E-state index in [-0.39, 0.29) is 5.41 Å². The van der Waals surface area contributed by atoms with Gasteiger partial charge in [0.2, 0.25) is 0 Å². The third kappa shape index (κ3) is 2.47. The van der Waals surface area contributed by atoms with Crippen LogP contribution in [0, 0.1) is 0 Å². The van der Waals surface area contributed by atoms with E-state index in [1.54, 1.807) is 0 Å². The summed E-state index contributed by atoms with van der Waals surface area (Å²) in [5, 5.41) is 8.08. The van der Waals surface area contributed by atoms with Crippen LogP contribution in [-0.2, 0) is 11.8 Å². The van der Waals surface area contributed by atoms with E-state index in [0.29, 0.717) is 0 Å². The highest BCUT2D eigenvalue weighted by Gasteiger charge is 2.35. The lowest BCUT2D eigenvalue weighted by Crippen LogP contribution is -2.15. The summed E-state index contributed by atoms with van der Waals surface area (Å²) in [6.45, 7) is 7.00. The van der Waals surface area contributed by atoms with Gasteiger partial charge in [-0.15, -0.1) is 0 Å². The summed E-state index contributed by atoms with van der Waals surface area (Å²) in [6, 6.07) is 34.5. The minimum atomic E-state index is 0.00957. The van der Waals surface area contributed by atoms with E-state index >= 15 is 0 Å². The summed E-state index contributed by atoms with van der Waals surface area (Å²) in [5.41, 5.74) is 9.75. The summed E-state index contributed by atoms with van der Waals surface area (Å²) >= 11 is 0. The fourth-order valence-corrected chi connectivity index (χ4v) is 6.16. The highest BCUT2D eigenvalue weighted by atomic mass is 14.4. The Bertz CT molecular complexity index is 1700. The van der Waals surface area contributed by atoms with Crippen LogP contribution in [0.5, 0.6) is 0 Å². The average Bonchev–Trinajstić information content (AvgIpc) is 3.08. The molecule has 158 valence electrons. The van der Waals surface area contributed by atoms with E-state index in [1.165, 1.54) is 71.3 Å². The number of hydrogen-bond acceptors (Lipinski definition) is 0. The maximum atomic E-state index is 2.45. The normalized spacial score (nSPS) is 14.3. The molecule has 0 spiro atoms. The molecule has 0 radical (unpaired) electrons. The molecule has 33 heavy (non-hydrogen) atoms. The summed E-state index contributed by atoms with van der Waals surface area (Å²) in [5.74, 6) is 0. The van der Waals surface area contributed by atoms with Gasteiger partial charge < -0.3 is 0 Å². The van der Waals surface area contributed by atoms with E-state index in [9.17, 15) is 0 Å². The maximum Gasteiger partial charge on any atom is 0.0159 e.